The highest BCUT2D eigenvalue weighted by atomic mass is 127. The number of halogens is 1. The summed E-state index contributed by atoms with van der Waals surface area (Å²) in [5.74, 6) is 0.886. The first-order valence-corrected chi connectivity index (χ1v) is 10.3. The van der Waals surface area contributed by atoms with E-state index >= 15 is 0 Å². The molecule has 2 N–H and O–H groups in total. The van der Waals surface area contributed by atoms with Crippen LogP contribution in [0.3, 0.4) is 0 Å². The molecule has 0 bridgehead atoms. The van der Waals surface area contributed by atoms with Crippen molar-refractivity contribution in [3.05, 3.63) is 40.3 Å². The minimum absolute atomic E-state index is 0. The molecule has 1 fully saturated rings. The van der Waals surface area contributed by atoms with E-state index in [1.165, 1.54) is 36.4 Å². The molecule has 1 atom stereocenters. The van der Waals surface area contributed by atoms with Crippen LogP contribution >= 0.6 is 35.3 Å². The SMILES string of the molecule is CN=C(NCCCc1cnn(C)c1)NCC(c1cccs1)N1CCCC1.I. The van der Waals surface area contributed by atoms with Crippen molar-refractivity contribution in [2.24, 2.45) is 12.0 Å². The van der Waals surface area contributed by atoms with E-state index in [9.17, 15) is 0 Å². The summed E-state index contributed by atoms with van der Waals surface area (Å²) < 4.78 is 1.85. The minimum Gasteiger partial charge on any atom is -0.356 e. The van der Waals surface area contributed by atoms with Crippen LogP contribution in [0.5, 0.6) is 0 Å². The number of guanidine groups is 1. The van der Waals surface area contributed by atoms with E-state index in [0.29, 0.717) is 6.04 Å². The molecule has 6 nitrogen and oxygen atoms in total. The molecule has 27 heavy (non-hydrogen) atoms. The molecule has 8 heteroatoms. The number of rotatable bonds is 8. The van der Waals surface area contributed by atoms with E-state index in [1.807, 2.05) is 36.3 Å². The van der Waals surface area contributed by atoms with Crippen molar-refractivity contribution < 1.29 is 0 Å². The molecule has 0 aliphatic carbocycles. The Kier molecular flexibility index (Phi) is 9.57. The van der Waals surface area contributed by atoms with Gasteiger partial charge >= 0.3 is 0 Å². The molecular weight excluding hydrogens is 471 g/mol. The lowest BCUT2D eigenvalue weighted by Gasteiger charge is -2.27. The number of thiophene rings is 1. The highest BCUT2D eigenvalue weighted by Crippen LogP contribution is 2.27. The van der Waals surface area contributed by atoms with Gasteiger partial charge in [-0.1, -0.05) is 6.07 Å². The predicted octanol–water partition coefficient (Wildman–Crippen LogP) is 3.03. The molecule has 150 valence electrons. The van der Waals surface area contributed by atoms with Crippen molar-refractivity contribution >= 4 is 41.3 Å². The maximum atomic E-state index is 4.38. The highest BCUT2D eigenvalue weighted by Gasteiger charge is 2.24. The molecular formula is C19H31IN6S. The second-order valence-corrected chi connectivity index (χ2v) is 7.76. The standard InChI is InChI=1S/C19H30N6S.HI/c1-20-19(21-9-5-7-16-13-23-24(2)15-16)22-14-17(18-8-6-12-26-18)25-10-3-4-11-25;/h6,8,12-13,15,17H,3-5,7,9-11,14H2,1-2H3,(H2,20,21,22);1H. The van der Waals surface area contributed by atoms with Gasteiger partial charge in [-0.3, -0.25) is 14.6 Å². The van der Waals surface area contributed by atoms with Gasteiger partial charge in [-0.15, -0.1) is 35.3 Å². The largest absolute Gasteiger partial charge is 0.356 e. The number of likely N-dealkylation sites (tertiary alicyclic amines) is 1. The molecule has 0 aromatic carbocycles. The van der Waals surface area contributed by atoms with Gasteiger partial charge in [-0.25, -0.2) is 0 Å². The van der Waals surface area contributed by atoms with Crippen LogP contribution in [-0.2, 0) is 13.5 Å². The van der Waals surface area contributed by atoms with Gasteiger partial charge in [0.1, 0.15) is 0 Å². The fourth-order valence-corrected chi connectivity index (χ4v) is 4.32. The number of hydrogen-bond donors (Lipinski definition) is 2. The maximum Gasteiger partial charge on any atom is 0.191 e. The Hall–Kier alpha value is -1.13. The fourth-order valence-electron chi connectivity index (χ4n) is 3.46. The van der Waals surface area contributed by atoms with E-state index in [1.54, 1.807) is 0 Å². The summed E-state index contributed by atoms with van der Waals surface area (Å²) in [4.78, 5) is 8.41. The Morgan fingerprint density at radius 1 is 1.33 bits per heavy atom. The Bertz CT molecular complexity index is 678. The first kappa shape index (κ1) is 22.2. The Labute approximate surface area is 183 Å². The number of hydrogen-bond acceptors (Lipinski definition) is 4. The molecule has 3 rings (SSSR count). The summed E-state index contributed by atoms with van der Waals surface area (Å²) in [5, 5.41) is 13.3. The van der Waals surface area contributed by atoms with E-state index < -0.39 is 0 Å². The van der Waals surface area contributed by atoms with Gasteiger partial charge in [0, 0.05) is 38.3 Å². The maximum absolute atomic E-state index is 4.38. The lowest BCUT2D eigenvalue weighted by atomic mass is 10.2. The van der Waals surface area contributed by atoms with E-state index in [-0.39, 0.29) is 24.0 Å². The van der Waals surface area contributed by atoms with Gasteiger partial charge < -0.3 is 10.6 Å². The zero-order valence-electron chi connectivity index (χ0n) is 16.2. The average Bonchev–Trinajstić information content (AvgIpc) is 3.40. The molecule has 3 heterocycles. The van der Waals surface area contributed by atoms with Gasteiger partial charge in [0.05, 0.1) is 12.2 Å². The van der Waals surface area contributed by atoms with Crippen LogP contribution < -0.4 is 10.6 Å². The van der Waals surface area contributed by atoms with Crippen LogP contribution in [0, 0.1) is 0 Å². The lowest BCUT2D eigenvalue weighted by Crippen LogP contribution is -2.42. The summed E-state index contributed by atoms with van der Waals surface area (Å²) in [7, 11) is 3.80. The van der Waals surface area contributed by atoms with Crippen LogP contribution in [-0.4, -0.2) is 53.9 Å². The third-order valence-electron chi connectivity index (χ3n) is 4.83. The normalized spacial score (nSPS) is 16.1. The monoisotopic (exact) mass is 502 g/mol. The molecule has 2 aromatic heterocycles. The molecule has 0 saturated carbocycles. The first-order chi connectivity index (χ1) is 12.8. The van der Waals surface area contributed by atoms with E-state index in [0.717, 1.165) is 31.9 Å². The summed E-state index contributed by atoms with van der Waals surface area (Å²) in [6.07, 6.45) is 8.73. The van der Waals surface area contributed by atoms with Gasteiger partial charge in [-0.2, -0.15) is 5.10 Å². The van der Waals surface area contributed by atoms with Crippen molar-refractivity contribution in [3.63, 3.8) is 0 Å². The smallest absolute Gasteiger partial charge is 0.191 e. The second-order valence-electron chi connectivity index (χ2n) is 6.78. The second kappa shape index (κ2) is 11.7. The van der Waals surface area contributed by atoms with Crippen molar-refractivity contribution in [2.75, 3.05) is 33.2 Å². The minimum atomic E-state index is 0. The van der Waals surface area contributed by atoms with Crippen molar-refractivity contribution in [2.45, 2.75) is 31.7 Å². The molecule has 1 aliphatic rings. The molecule has 1 unspecified atom stereocenters. The van der Waals surface area contributed by atoms with Gasteiger partial charge in [0.2, 0.25) is 0 Å². The molecule has 1 saturated heterocycles. The van der Waals surface area contributed by atoms with Gasteiger partial charge in [-0.05, 0) is 55.8 Å². The fraction of sp³-hybridized carbons (Fsp3) is 0.579. The van der Waals surface area contributed by atoms with Gasteiger partial charge in [0.15, 0.2) is 5.96 Å². The molecule has 1 aliphatic heterocycles. The predicted molar refractivity (Wildman–Crippen MR) is 124 cm³/mol. The highest BCUT2D eigenvalue weighted by molar-refractivity contribution is 14.0. The summed E-state index contributed by atoms with van der Waals surface area (Å²) in [6.45, 7) is 4.19. The number of aliphatic imine (C=N–C) groups is 1. The summed E-state index contributed by atoms with van der Waals surface area (Å²) >= 11 is 1.85. The zero-order chi connectivity index (χ0) is 18.2. The van der Waals surface area contributed by atoms with E-state index in [4.69, 9.17) is 0 Å². The van der Waals surface area contributed by atoms with E-state index in [2.05, 4.69) is 49.3 Å². The first-order valence-electron chi connectivity index (χ1n) is 9.46. The van der Waals surface area contributed by atoms with Crippen LogP contribution in [0.4, 0.5) is 0 Å². The Balaban J connectivity index is 0.00000261. The number of nitrogens with zero attached hydrogens (tertiary/aromatic N) is 4. The summed E-state index contributed by atoms with van der Waals surface area (Å²) in [6, 6.07) is 4.83. The van der Waals surface area contributed by atoms with Crippen molar-refractivity contribution in [1.29, 1.82) is 0 Å². The molecule has 0 radical (unpaired) electrons. The van der Waals surface area contributed by atoms with Gasteiger partial charge in [0.25, 0.3) is 0 Å². The van der Waals surface area contributed by atoms with Crippen LogP contribution in [0.2, 0.25) is 0 Å². The Morgan fingerprint density at radius 3 is 2.78 bits per heavy atom. The Morgan fingerprint density at radius 2 is 2.15 bits per heavy atom. The topological polar surface area (TPSA) is 57.5 Å². The third-order valence-corrected chi connectivity index (χ3v) is 5.81. The summed E-state index contributed by atoms with van der Waals surface area (Å²) in [5.41, 5.74) is 1.28. The molecule has 2 aromatic rings. The third kappa shape index (κ3) is 6.76. The van der Waals surface area contributed by atoms with Crippen LogP contribution in [0.25, 0.3) is 0 Å². The lowest BCUT2D eigenvalue weighted by molar-refractivity contribution is 0.249. The van der Waals surface area contributed by atoms with Crippen LogP contribution in [0.1, 0.15) is 35.7 Å². The quantitative estimate of drug-likeness (QED) is 0.252. The molecule has 0 spiro atoms. The number of aryl methyl sites for hydroxylation is 2. The van der Waals surface area contributed by atoms with Crippen LogP contribution in [0.15, 0.2) is 34.9 Å². The number of nitrogens with one attached hydrogen (secondary N) is 2. The number of aromatic nitrogens is 2. The zero-order valence-corrected chi connectivity index (χ0v) is 19.4. The molecule has 0 amide bonds. The van der Waals surface area contributed by atoms with Crippen molar-refractivity contribution in [1.82, 2.24) is 25.3 Å². The average molecular weight is 502 g/mol. The van der Waals surface area contributed by atoms with Crippen molar-refractivity contribution in [3.8, 4) is 0 Å².